The van der Waals surface area contributed by atoms with Crippen LogP contribution in [0.15, 0.2) is 41.8 Å². The predicted octanol–water partition coefficient (Wildman–Crippen LogP) is 2.67. The van der Waals surface area contributed by atoms with Gasteiger partial charge in [0.05, 0.1) is 11.4 Å². The zero-order chi connectivity index (χ0) is 13.0. The van der Waals surface area contributed by atoms with E-state index < -0.39 is 0 Å². The number of aryl methyl sites for hydroxylation is 1. The van der Waals surface area contributed by atoms with E-state index >= 15 is 0 Å². The van der Waals surface area contributed by atoms with Gasteiger partial charge in [0.15, 0.2) is 5.78 Å². The Labute approximate surface area is 109 Å². The van der Waals surface area contributed by atoms with Crippen LogP contribution in [0.3, 0.4) is 0 Å². The molecular weight excluding hydrogens is 246 g/mol. The van der Waals surface area contributed by atoms with Crippen LogP contribution in [0.25, 0.3) is 0 Å². The second kappa shape index (κ2) is 5.60. The monoisotopic (exact) mass is 259 g/mol. The van der Waals surface area contributed by atoms with Crippen LogP contribution in [0.5, 0.6) is 0 Å². The molecular formula is C14H13NO2S. The fourth-order valence-corrected chi connectivity index (χ4v) is 2.24. The maximum absolute atomic E-state index is 11.8. The molecule has 2 aromatic rings. The van der Waals surface area contributed by atoms with Crippen molar-refractivity contribution in [1.29, 1.82) is 0 Å². The lowest BCUT2D eigenvalue weighted by molar-refractivity contribution is 0.0905. The molecule has 1 heterocycles. The Morgan fingerprint density at radius 2 is 2.06 bits per heavy atom. The van der Waals surface area contributed by atoms with E-state index in [4.69, 9.17) is 0 Å². The minimum Gasteiger partial charge on any atom is -0.345 e. The Balaban J connectivity index is 1.95. The van der Waals surface area contributed by atoms with Gasteiger partial charge in [-0.3, -0.25) is 9.59 Å². The lowest BCUT2D eigenvalue weighted by Gasteiger charge is -2.04. The molecule has 18 heavy (non-hydrogen) atoms. The maximum atomic E-state index is 11.8. The van der Waals surface area contributed by atoms with Crippen molar-refractivity contribution in [2.24, 2.45) is 0 Å². The molecule has 1 N–H and O–H groups in total. The molecule has 0 unspecified atom stereocenters. The third-order valence-electron chi connectivity index (χ3n) is 2.49. The van der Waals surface area contributed by atoms with Crippen LogP contribution in [0.1, 0.15) is 25.6 Å². The summed E-state index contributed by atoms with van der Waals surface area (Å²) in [5.41, 5.74) is 1.60. The molecule has 0 aliphatic heterocycles. The summed E-state index contributed by atoms with van der Waals surface area (Å²) in [6, 6.07) is 10.9. The highest BCUT2D eigenvalue weighted by Gasteiger charge is 2.10. The summed E-state index contributed by atoms with van der Waals surface area (Å²) in [7, 11) is 0. The molecule has 1 aromatic heterocycles. The van der Waals surface area contributed by atoms with E-state index in [9.17, 15) is 9.59 Å². The number of Topliss-reactive ketones (excluding diaryl/α,β-unsaturated/α-hetero) is 1. The van der Waals surface area contributed by atoms with E-state index in [1.165, 1.54) is 11.3 Å². The van der Waals surface area contributed by atoms with Crippen molar-refractivity contribution in [1.82, 2.24) is 5.32 Å². The van der Waals surface area contributed by atoms with E-state index in [-0.39, 0.29) is 18.2 Å². The molecule has 0 bridgehead atoms. The molecule has 0 aliphatic carbocycles. The van der Waals surface area contributed by atoms with Crippen LogP contribution in [0.4, 0.5) is 0 Å². The van der Waals surface area contributed by atoms with Gasteiger partial charge in [-0.2, -0.15) is 0 Å². The number of carbonyl (C=O) groups excluding carboxylic acids is 2. The molecule has 0 radical (unpaired) electrons. The van der Waals surface area contributed by atoms with E-state index in [0.29, 0.717) is 10.4 Å². The fourth-order valence-electron chi connectivity index (χ4n) is 1.57. The number of hydrogen-bond acceptors (Lipinski definition) is 3. The average Bonchev–Trinajstić information content (AvgIpc) is 2.89. The average molecular weight is 259 g/mol. The first-order valence-corrected chi connectivity index (χ1v) is 6.46. The fraction of sp³-hybridized carbons (Fsp3) is 0.143. The molecule has 1 amide bonds. The number of thiophene rings is 1. The highest BCUT2D eigenvalue weighted by atomic mass is 32.1. The van der Waals surface area contributed by atoms with Gasteiger partial charge in [-0.1, -0.05) is 23.8 Å². The largest absolute Gasteiger partial charge is 0.345 e. The number of nitrogens with one attached hydrogen (secondary N) is 1. The van der Waals surface area contributed by atoms with Crippen LogP contribution in [-0.2, 0) is 0 Å². The summed E-state index contributed by atoms with van der Waals surface area (Å²) in [6.07, 6.45) is 0. The Bertz CT molecular complexity index is 561. The summed E-state index contributed by atoms with van der Waals surface area (Å²) in [5.74, 6) is -0.283. The van der Waals surface area contributed by atoms with Gasteiger partial charge in [-0.05, 0) is 30.5 Å². The number of hydrogen-bond donors (Lipinski definition) is 1. The van der Waals surface area contributed by atoms with Crippen molar-refractivity contribution >= 4 is 23.0 Å². The number of carbonyl (C=O) groups is 2. The van der Waals surface area contributed by atoms with Gasteiger partial charge in [0.25, 0.3) is 5.91 Å². The van der Waals surface area contributed by atoms with Crippen molar-refractivity contribution in [3.8, 4) is 0 Å². The third kappa shape index (κ3) is 3.05. The predicted molar refractivity (Wildman–Crippen MR) is 72.2 cm³/mol. The standard InChI is InChI=1S/C14H13NO2S/c1-10-4-2-5-11(8-10)14(17)15-9-12(16)13-6-3-7-18-13/h2-8H,9H2,1H3,(H,15,17). The van der Waals surface area contributed by atoms with Crippen molar-refractivity contribution in [3.63, 3.8) is 0 Å². The quantitative estimate of drug-likeness (QED) is 0.858. The molecule has 92 valence electrons. The summed E-state index contributed by atoms with van der Waals surface area (Å²) >= 11 is 1.38. The van der Waals surface area contributed by atoms with Gasteiger partial charge in [-0.15, -0.1) is 11.3 Å². The Morgan fingerprint density at radius 3 is 2.72 bits per heavy atom. The van der Waals surface area contributed by atoms with E-state index in [0.717, 1.165) is 5.56 Å². The van der Waals surface area contributed by atoms with Crippen molar-refractivity contribution in [2.75, 3.05) is 6.54 Å². The molecule has 4 heteroatoms. The lowest BCUT2D eigenvalue weighted by Crippen LogP contribution is -2.29. The van der Waals surface area contributed by atoms with Gasteiger partial charge < -0.3 is 5.32 Å². The second-order valence-corrected chi connectivity index (χ2v) is 4.90. The number of ketones is 1. The Kier molecular flexibility index (Phi) is 3.89. The Hall–Kier alpha value is -1.94. The molecule has 0 fully saturated rings. The molecule has 0 spiro atoms. The van der Waals surface area contributed by atoms with Crippen LogP contribution in [-0.4, -0.2) is 18.2 Å². The SMILES string of the molecule is Cc1cccc(C(=O)NCC(=O)c2cccs2)c1. The van der Waals surface area contributed by atoms with Crippen LogP contribution < -0.4 is 5.32 Å². The highest BCUT2D eigenvalue weighted by molar-refractivity contribution is 7.12. The summed E-state index contributed by atoms with van der Waals surface area (Å²) in [4.78, 5) is 24.2. The molecule has 0 aliphatic rings. The van der Waals surface area contributed by atoms with Crippen molar-refractivity contribution in [2.45, 2.75) is 6.92 Å². The normalized spacial score (nSPS) is 10.1. The molecule has 2 rings (SSSR count). The molecule has 0 saturated heterocycles. The maximum Gasteiger partial charge on any atom is 0.251 e. The topological polar surface area (TPSA) is 46.2 Å². The lowest BCUT2D eigenvalue weighted by atomic mass is 10.1. The zero-order valence-corrected chi connectivity index (χ0v) is 10.8. The summed E-state index contributed by atoms with van der Waals surface area (Å²) < 4.78 is 0. The minimum absolute atomic E-state index is 0.0350. The van der Waals surface area contributed by atoms with E-state index in [1.54, 1.807) is 18.2 Å². The van der Waals surface area contributed by atoms with Crippen LogP contribution in [0, 0.1) is 6.92 Å². The number of rotatable bonds is 4. The molecule has 0 atom stereocenters. The van der Waals surface area contributed by atoms with E-state index in [1.807, 2.05) is 30.5 Å². The first-order valence-electron chi connectivity index (χ1n) is 5.58. The smallest absolute Gasteiger partial charge is 0.251 e. The van der Waals surface area contributed by atoms with Gasteiger partial charge in [0.1, 0.15) is 0 Å². The molecule has 3 nitrogen and oxygen atoms in total. The summed E-state index contributed by atoms with van der Waals surface area (Å²) in [5, 5.41) is 4.48. The van der Waals surface area contributed by atoms with Crippen molar-refractivity contribution in [3.05, 3.63) is 57.8 Å². The first kappa shape index (κ1) is 12.5. The first-order chi connectivity index (χ1) is 8.66. The van der Waals surface area contributed by atoms with Gasteiger partial charge in [0, 0.05) is 5.56 Å². The molecule has 1 aromatic carbocycles. The van der Waals surface area contributed by atoms with E-state index in [2.05, 4.69) is 5.32 Å². The number of benzene rings is 1. The zero-order valence-electron chi connectivity index (χ0n) is 9.97. The minimum atomic E-state index is -0.219. The molecule has 0 saturated carbocycles. The highest BCUT2D eigenvalue weighted by Crippen LogP contribution is 2.09. The third-order valence-corrected chi connectivity index (χ3v) is 3.40. The Morgan fingerprint density at radius 1 is 1.22 bits per heavy atom. The van der Waals surface area contributed by atoms with Gasteiger partial charge in [0.2, 0.25) is 0 Å². The summed E-state index contributed by atoms with van der Waals surface area (Å²) in [6.45, 7) is 1.96. The number of amides is 1. The van der Waals surface area contributed by atoms with Gasteiger partial charge in [-0.25, -0.2) is 0 Å². The van der Waals surface area contributed by atoms with Crippen LogP contribution >= 0.6 is 11.3 Å². The van der Waals surface area contributed by atoms with Crippen LogP contribution in [0.2, 0.25) is 0 Å². The van der Waals surface area contributed by atoms with Gasteiger partial charge >= 0.3 is 0 Å². The van der Waals surface area contributed by atoms with Crippen molar-refractivity contribution < 1.29 is 9.59 Å². The second-order valence-electron chi connectivity index (χ2n) is 3.95.